The molecule has 2 amide bonds. The number of nitrogens with one attached hydrogen (secondary N) is 2. The summed E-state index contributed by atoms with van der Waals surface area (Å²) in [5.74, 6) is -0.167. The number of ether oxygens (including phenoxy) is 2. The number of aromatic hydroxyl groups is 1. The van der Waals surface area contributed by atoms with E-state index in [1.165, 1.54) is 31.0 Å². The third-order valence-electron chi connectivity index (χ3n) is 5.40. The highest BCUT2D eigenvalue weighted by molar-refractivity contribution is 7.98. The van der Waals surface area contributed by atoms with Gasteiger partial charge in [-0.25, -0.2) is 9.59 Å². The van der Waals surface area contributed by atoms with Crippen molar-refractivity contribution < 1.29 is 29.0 Å². The molecular weight excluding hydrogens is 492 g/mol. The second-order valence-electron chi connectivity index (χ2n) is 8.21. The first-order chi connectivity index (χ1) is 17.9. The van der Waals surface area contributed by atoms with Gasteiger partial charge in [-0.05, 0) is 28.8 Å². The standard InChI is InChI=1S/C28H30N2O6S/c1-35-27(33)24(16-20-12-14-23(31)15-13-20)29-26(32)25(19-37-18-22-10-6-3-7-11-22)30-28(34)36-17-21-8-4-2-5-9-21/h2-15,24-25,31H,16-19H2,1H3,(H,29,32)(H,30,34)/t24-,25-/m1/s1. The molecule has 37 heavy (non-hydrogen) atoms. The number of carbonyl (C=O) groups is 3. The van der Waals surface area contributed by atoms with Crippen molar-refractivity contribution >= 4 is 29.7 Å². The van der Waals surface area contributed by atoms with Crippen LogP contribution in [0.15, 0.2) is 84.9 Å². The maximum Gasteiger partial charge on any atom is 0.408 e. The summed E-state index contributed by atoms with van der Waals surface area (Å²) in [4.78, 5) is 38.2. The molecule has 0 aliphatic carbocycles. The van der Waals surface area contributed by atoms with E-state index >= 15 is 0 Å². The van der Waals surface area contributed by atoms with Crippen molar-refractivity contribution in [3.63, 3.8) is 0 Å². The molecule has 3 N–H and O–H groups in total. The molecule has 3 aromatic rings. The van der Waals surface area contributed by atoms with Crippen LogP contribution in [0, 0.1) is 0 Å². The van der Waals surface area contributed by atoms with E-state index in [-0.39, 0.29) is 24.5 Å². The average Bonchev–Trinajstić information content (AvgIpc) is 2.92. The molecule has 0 radical (unpaired) electrons. The highest BCUT2D eigenvalue weighted by Crippen LogP contribution is 2.15. The molecule has 0 spiro atoms. The summed E-state index contributed by atoms with van der Waals surface area (Å²) in [5, 5.41) is 14.8. The Kier molecular flexibility index (Phi) is 10.9. The lowest BCUT2D eigenvalue weighted by atomic mass is 10.1. The van der Waals surface area contributed by atoms with E-state index in [0.29, 0.717) is 5.75 Å². The number of esters is 1. The van der Waals surface area contributed by atoms with Gasteiger partial charge in [-0.2, -0.15) is 11.8 Å². The Hall–Kier alpha value is -3.98. The molecule has 194 valence electrons. The Balaban J connectivity index is 1.66. The summed E-state index contributed by atoms with van der Waals surface area (Å²) in [6.45, 7) is 0.0593. The van der Waals surface area contributed by atoms with Crippen LogP contribution in [-0.2, 0) is 37.8 Å². The number of amides is 2. The van der Waals surface area contributed by atoms with Crippen LogP contribution in [-0.4, -0.2) is 48.0 Å². The molecule has 0 saturated heterocycles. The van der Waals surface area contributed by atoms with Crippen molar-refractivity contribution in [1.29, 1.82) is 0 Å². The van der Waals surface area contributed by atoms with Gasteiger partial charge >= 0.3 is 12.1 Å². The van der Waals surface area contributed by atoms with Gasteiger partial charge in [0, 0.05) is 17.9 Å². The van der Waals surface area contributed by atoms with Gasteiger partial charge in [0.2, 0.25) is 5.91 Å². The molecule has 0 aliphatic heterocycles. The number of carbonyl (C=O) groups excluding carboxylic acids is 3. The number of phenols is 1. The first-order valence-corrected chi connectivity index (χ1v) is 12.8. The number of rotatable bonds is 12. The predicted molar refractivity (Wildman–Crippen MR) is 142 cm³/mol. The van der Waals surface area contributed by atoms with E-state index in [4.69, 9.17) is 9.47 Å². The SMILES string of the molecule is COC(=O)[C@@H](Cc1ccc(O)cc1)NC(=O)[C@@H](CSCc1ccccc1)NC(=O)OCc1ccccc1. The molecule has 0 unspecified atom stereocenters. The molecule has 0 aliphatic rings. The highest BCUT2D eigenvalue weighted by atomic mass is 32.2. The molecule has 0 fully saturated rings. The van der Waals surface area contributed by atoms with Crippen molar-refractivity contribution in [2.24, 2.45) is 0 Å². The number of hydrogen-bond acceptors (Lipinski definition) is 7. The molecule has 0 saturated carbocycles. The van der Waals surface area contributed by atoms with Gasteiger partial charge in [0.05, 0.1) is 7.11 Å². The van der Waals surface area contributed by atoms with Gasteiger partial charge in [0.15, 0.2) is 0 Å². The fraction of sp³-hybridized carbons (Fsp3) is 0.250. The average molecular weight is 523 g/mol. The van der Waals surface area contributed by atoms with Crippen LogP contribution in [0.4, 0.5) is 4.79 Å². The summed E-state index contributed by atoms with van der Waals surface area (Å²) in [5.41, 5.74) is 2.62. The van der Waals surface area contributed by atoms with Gasteiger partial charge in [0.1, 0.15) is 24.4 Å². The molecule has 8 nitrogen and oxygen atoms in total. The zero-order chi connectivity index (χ0) is 26.5. The Morgan fingerprint density at radius 2 is 1.43 bits per heavy atom. The molecule has 0 bridgehead atoms. The molecular formula is C28H30N2O6S. The van der Waals surface area contributed by atoms with Crippen LogP contribution < -0.4 is 10.6 Å². The monoisotopic (exact) mass is 522 g/mol. The van der Waals surface area contributed by atoms with E-state index in [9.17, 15) is 19.5 Å². The summed E-state index contributed by atoms with van der Waals surface area (Å²) in [6, 6.07) is 23.3. The Bertz CT molecular complexity index is 1140. The molecule has 2 atom stereocenters. The van der Waals surface area contributed by atoms with Gasteiger partial charge in [-0.15, -0.1) is 0 Å². The number of thioether (sulfide) groups is 1. The molecule has 3 rings (SSSR count). The predicted octanol–water partition coefficient (Wildman–Crippen LogP) is 3.82. The van der Waals surface area contributed by atoms with E-state index in [1.54, 1.807) is 12.1 Å². The number of alkyl carbamates (subject to hydrolysis) is 1. The van der Waals surface area contributed by atoms with Crippen molar-refractivity contribution in [2.75, 3.05) is 12.9 Å². The van der Waals surface area contributed by atoms with Crippen LogP contribution >= 0.6 is 11.8 Å². The van der Waals surface area contributed by atoms with Crippen LogP contribution in [0.5, 0.6) is 5.75 Å². The fourth-order valence-corrected chi connectivity index (χ4v) is 4.45. The van der Waals surface area contributed by atoms with E-state index in [2.05, 4.69) is 10.6 Å². The zero-order valence-electron chi connectivity index (χ0n) is 20.5. The summed E-state index contributed by atoms with van der Waals surface area (Å²) >= 11 is 1.47. The minimum absolute atomic E-state index is 0.0593. The first-order valence-electron chi connectivity index (χ1n) is 11.7. The smallest absolute Gasteiger partial charge is 0.408 e. The van der Waals surface area contributed by atoms with Gasteiger partial charge in [-0.3, -0.25) is 4.79 Å². The normalized spacial score (nSPS) is 12.1. The second-order valence-corrected chi connectivity index (χ2v) is 9.24. The number of hydrogen-bond donors (Lipinski definition) is 3. The van der Waals surface area contributed by atoms with Crippen molar-refractivity contribution in [3.8, 4) is 5.75 Å². The van der Waals surface area contributed by atoms with Gasteiger partial charge in [-0.1, -0.05) is 72.8 Å². The summed E-state index contributed by atoms with van der Waals surface area (Å²) in [7, 11) is 1.24. The van der Waals surface area contributed by atoms with Crippen molar-refractivity contribution in [1.82, 2.24) is 10.6 Å². The van der Waals surface area contributed by atoms with Crippen LogP contribution in [0.1, 0.15) is 16.7 Å². The Labute approximate surface area is 220 Å². The molecule has 0 aromatic heterocycles. The molecule has 3 aromatic carbocycles. The van der Waals surface area contributed by atoms with Crippen molar-refractivity contribution in [2.45, 2.75) is 30.9 Å². The van der Waals surface area contributed by atoms with Gasteiger partial charge < -0.3 is 25.2 Å². The van der Waals surface area contributed by atoms with Gasteiger partial charge in [0.25, 0.3) is 0 Å². The third-order valence-corrected chi connectivity index (χ3v) is 6.50. The van der Waals surface area contributed by atoms with Crippen LogP contribution in [0.3, 0.4) is 0 Å². The minimum Gasteiger partial charge on any atom is -0.508 e. The molecule has 9 heteroatoms. The highest BCUT2D eigenvalue weighted by Gasteiger charge is 2.28. The Morgan fingerprint density at radius 1 is 0.811 bits per heavy atom. The fourth-order valence-electron chi connectivity index (χ4n) is 3.43. The van der Waals surface area contributed by atoms with Crippen molar-refractivity contribution in [3.05, 3.63) is 102 Å². The van der Waals surface area contributed by atoms with Crippen LogP contribution in [0.25, 0.3) is 0 Å². The maximum atomic E-state index is 13.2. The summed E-state index contributed by atoms with van der Waals surface area (Å²) < 4.78 is 10.2. The third kappa shape index (κ3) is 9.53. The lowest BCUT2D eigenvalue weighted by molar-refractivity contribution is -0.145. The largest absolute Gasteiger partial charge is 0.508 e. The first kappa shape index (κ1) is 27.6. The number of methoxy groups -OCH3 is 1. The summed E-state index contributed by atoms with van der Waals surface area (Å²) in [6.07, 6.45) is -0.585. The second kappa shape index (κ2) is 14.5. The number of benzene rings is 3. The lowest BCUT2D eigenvalue weighted by Crippen LogP contribution is -2.53. The Morgan fingerprint density at radius 3 is 2.05 bits per heavy atom. The van der Waals surface area contributed by atoms with E-state index < -0.39 is 30.1 Å². The van der Waals surface area contributed by atoms with E-state index in [1.807, 2.05) is 60.7 Å². The maximum absolute atomic E-state index is 13.2. The molecule has 0 heterocycles. The zero-order valence-corrected chi connectivity index (χ0v) is 21.3. The topological polar surface area (TPSA) is 114 Å². The quantitative estimate of drug-likeness (QED) is 0.310. The number of phenolic OH excluding ortho intramolecular Hbond substituents is 1. The van der Waals surface area contributed by atoms with E-state index in [0.717, 1.165) is 16.7 Å². The minimum atomic E-state index is -0.981. The van der Waals surface area contributed by atoms with Crippen LogP contribution in [0.2, 0.25) is 0 Å². The lowest BCUT2D eigenvalue weighted by Gasteiger charge is -2.22.